The van der Waals surface area contributed by atoms with Gasteiger partial charge in [-0.15, -0.1) is 0 Å². The largest absolute Gasteiger partial charge is 0.467 e. The summed E-state index contributed by atoms with van der Waals surface area (Å²) in [6.45, 7) is 3.06. The number of amides is 1. The van der Waals surface area contributed by atoms with Gasteiger partial charge in [-0.25, -0.2) is 4.98 Å². The lowest BCUT2D eigenvalue weighted by Crippen LogP contribution is -2.49. The Kier molecular flexibility index (Phi) is 4.31. The van der Waals surface area contributed by atoms with Crippen LogP contribution in [0.1, 0.15) is 16.1 Å². The normalized spacial score (nSPS) is 15.2. The molecule has 22 heavy (non-hydrogen) atoms. The highest BCUT2D eigenvalue weighted by Gasteiger charge is 2.23. The number of halogens is 1. The van der Waals surface area contributed by atoms with Gasteiger partial charge in [0.05, 0.1) is 17.1 Å². The molecule has 116 valence electrons. The smallest absolute Gasteiger partial charge is 0.257 e. The highest BCUT2D eigenvalue weighted by Crippen LogP contribution is 2.17. The Balaban J connectivity index is 1.61. The predicted molar refractivity (Wildman–Crippen MR) is 84.0 cm³/mol. The highest BCUT2D eigenvalue weighted by molar-refractivity contribution is 6.30. The molecule has 1 aliphatic heterocycles. The van der Waals surface area contributed by atoms with Crippen LogP contribution >= 0.6 is 11.6 Å². The standard InChI is InChI=1S/C15H17ClN4O2/c16-12-1-2-14(18-9-12)19-3-5-20(6-4-19)15(21)11-7-13(8-17)22-10-11/h1-2,7,9-10H,3-6,8,17H2. The van der Waals surface area contributed by atoms with Gasteiger partial charge in [0, 0.05) is 32.4 Å². The molecule has 0 spiro atoms. The number of anilines is 1. The molecular formula is C15H17ClN4O2. The summed E-state index contributed by atoms with van der Waals surface area (Å²) in [5.74, 6) is 1.48. The second-order valence-corrected chi connectivity index (χ2v) is 5.56. The van der Waals surface area contributed by atoms with Crippen LogP contribution < -0.4 is 10.6 Å². The van der Waals surface area contributed by atoms with Gasteiger partial charge in [0.25, 0.3) is 5.91 Å². The van der Waals surface area contributed by atoms with Crippen LogP contribution in [-0.2, 0) is 6.54 Å². The van der Waals surface area contributed by atoms with E-state index in [0.717, 1.165) is 18.9 Å². The third-order valence-electron chi connectivity index (χ3n) is 3.70. The zero-order valence-electron chi connectivity index (χ0n) is 12.0. The van der Waals surface area contributed by atoms with Crippen LogP contribution in [0.4, 0.5) is 5.82 Å². The van der Waals surface area contributed by atoms with E-state index in [1.54, 1.807) is 12.3 Å². The van der Waals surface area contributed by atoms with Crippen molar-refractivity contribution >= 4 is 23.3 Å². The molecule has 6 nitrogen and oxygen atoms in total. The van der Waals surface area contributed by atoms with E-state index in [1.165, 1.54) is 6.26 Å². The zero-order valence-corrected chi connectivity index (χ0v) is 12.8. The van der Waals surface area contributed by atoms with Gasteiger partial charge in [-0.05, 0) is 18.2 Å². The molecule has 0 atom stereocenters. The van der Waals surface area contributed by atoms with Gasteiger partial charge in [-0.3, -0.25) is 4.79 Å². The van der Waals surface area contributed by atoms with Gasteiger partial charge in [0.1, 0.15) is 17.8 Å². The molecule has 0 aromatic carbocycles. The first-order valence-corrected chi connectivity index (χ1v) is 7.48. The van der Waals surface area contributed by atoms with E-state index >= 15 is 0 Å². The Morgan fingerprint density at radius 1 is 1.32 bits per heavy atom. The average Bonchev–Trinajstić information content (AvgIpc) is 3.04. The predicted octanol–water partition coefficient (Wildman–Crippen LogP) is 1.75. The lowest BCUT2D eigenvalue weighted by atomic mass is 10.2. The van der Waals surface area contributed by atoms with Crippen LogP contribution in [0.2, 0.25) is 5.02 Å². The van der Waals surface area contributed by atoms with Crippen molar-refractivity contribution in [1.82, 2.24) is 9.88 Å². The van der Waals surface area contributed by atoms with Crippen molar-refractivity contribution in [3.63, 3.8) is 0 Å². The third kappa shape index (κ3) is 3.08. The summed E-state index contributed by atoms with van der Waals surface area (Å²) in [6, 6.07) is 5.42. The monoisotopic (exact) mass is 320 g/mol. The van der Waals surface area contributed by atoms with Gasteiger partial charge >= 0.3 is 0 Å². The zero-order chi connectivity index (χ0) is 15.5. The topological polar surface area (TPSA) is 75.6 Å². The second-order valence-electron chi connectivity index (χ2n) is 5.12. The first kappa shape index (κ1) is 14.9. The molecule has 2 aromatic heterocycles. The molecular weight excluding hydrogens is 304 g/mol. The van der Waals surface area contributed by atoms with Gasteiger partial charge in [-0.2, -0.15) is 0 Å². The van der Waals surface area contributed by atoms with E-state index in [0.29, 0.717) is 36.0 Å². The SMILES string of the molecule is NCc1cc(C(=O)N2CCN(c3ccc(Cl)cn3)CC2)co1. The molecule has 2 aromatic rings. The lowest BCUT2D eigenvalue weighted by molar-refractivity contribution is 0.0746. The summed E-state index contributed by atoms with van der Waals surface area (Å²) in [5.41, 5.74) is 6.05. The van der Waals surface area contributed by atoms with Crippen LogP contribution in [0.5, 0.6) is 0 Å². The number of nitrogens with zero attached hydrogens (tertiary/aromatic N) is 3. The Bertz CT molecular complexity index is 648. The molecule has 1 saturated heterocycles. The molecule has 0 unspecified atom stereocenters. The third-order valence-corrected chi connectivity index (χ3v) is 3.93. The Morgan fingerprint density at radius 2 is 2.09 bits per heavy atom. The number of furan rings is 1. The minimum absolute atomic E-state index is 0.0211. The molecule has 1 fully saturated rings. The molecule has 3 rings (SSSR count). The van der Waals surface area contributed by atoms with Crippen LogP contribution in [-0.4, -0.2) is 42.0 Å². The lowest BCUT2D eigenvalue weighted by Gasteiger charge is -2.35. The van der Waals surface area contributed by atoms with Crippen molar-refractivity contribution in [3.05, 3.63) is 47.0 Å². The molecule has 0 saturated carbocycles. The van der Waals surface area contributed by atoms with E-state index in [9.17, 15) is 4.79 Å². The summed E-state index contributed by atoms with van der Waals surface area (Å²) < 4.78 is 5.22. The van der Waals surface area contributed by atoms with E-state index in [-0.39, 0.29) is 5.91 Å². The minimum Gasteiger partial charge on any atom is -0.467 e. The molecule has 0 radical (unpaired) electrons. The molecule has 0 bridgehead atoms. The summed E-state index contributed by atoms with van der Waals surface area (Å²) in [7, 11) is 0. The minimum atomic E-state index is -0.0211. The maximum Gasteiger partial charge on any atom is 0.257 e. The Hall–Kier alpha value is -2.05. The number of rotatable bonds is 3. The van der Waals surface area contributed by atoms with E-state index in [2.05, 4.69) is 9.88 Å². The van der Waals surface area contributed by atoms with Gasteiger partial charge in [0.15, 0.2) is 0 Å². The van der Waals surface area contributed by atoms with Crippen molar-refractivity contribution < 1.29 is 9.21 Å². The molecule has 0 aliphatic carbocycles. The number of nitrogens with two attached hydrogens (primary N) is 1. The van der Waals surface area contributed by atoms with Crippen molar-refractivity contribution in [1.29, 1.82) is 0 Å². The fourth-order valence-electron chi connectivity index (χ4n) is 2.48. The molecule has 1 amide bonds. The fraction of sp³-hybridized carbons (Fsp3) is 0.333. The van der Waals surface area contributed by atoms with Crippen molar-refractivity contribution in [2.24, 2.45) is 5.73 Å². The van der Waals surface area contributed by atoms with Crippen molar-refractivity contribution in [2.75, 3.05) is 31.1 Å². The van der Waals surface area contributed by atoms with Crippen molar-refractivity contribution in [2.45, 2.75) is 6.54 Å². The van der Waals surface area contributed by atoms with E-state index in [4.69, 9.17) is 21.8 Å². The summed E-state index contributed by atoms with van der Waals surface area (Å²) >= 11 is 5.85. The van der Waals surface area contributed by atoms with Crippen LogP contribution in [0, 0.1) is 0 Å². The fourth-order valence-corrected chi connectivity index (χ4v) is 2.59. The number of aromatic nitrogens is 1. The van der Waals surface area contributed by atoms with Crippen LogP contribution in [0.15, 0.2) is 35.1 Å². The van der Waals surface area contributed by atoms with E-state index in [1.807, 2.05) is 17.0 Å². The molecule has 2 N–H and O–H groups in total. The maximum absolute atomic E-state index is 12.4. The summed E-state index contributed by atoms with van der Waals surface area (Å²) in [5, 5.41) is 0.619. The number of carbonyl (C=O) groups is 1. The molecule has 7 heteroatoms. The number of pyridine rings is 1. The number of hydrogen-bond acceptors (Lipinski definition) is 5. The van der Waals surface area contributed by atoms with Gasteiger partial charge < -0.3 is 20.0 Å². The van der Waals surface area contributed by atoms with Crippen LogP contribution in [0.25, 0.3) is 0 Å². The molecule has 3 heterocycles. The first-order valence-electron chi connectivity index (χ1n) is 7.10. The number of piperazine rings is 1. The number of carbonyl (C=O) groups excluding carboxylic acids is 1. The average molecular weight is 321 g/mol. The molecule has 1 aliphatic rings. The second kappa shape index (κ2) is 6.37. The highest BCUT2D eigenvalue weighted by atomic mass is 35.5. The first-order chi connectivity index (χ1) is 10.7. The maximum atomic E-state index is 12.4. The summed E-state index contributed by atoms with van der Waals surface area (Å²) in [6.07, 6.45) is 3.10. The quantitative estimate of drug-likeness (QED) is 0.932. The summed E-state index contributed by atoms with van der Waals surface area (Å²) in [4.78, 5) is 20.7. The van der Waals surface area contributed by atoms with Crippen LogP contribution in [0.3, 0.4) is 0 Å². The van der Waals surface area contributed by atoms with Crippen molar-refractivity contribution in [3.8, 4) is 0 Å². The van der Waals surface area contributed by atoms with Gasteiger partial charge in [-0.1, -0.05) is 11.6 Å². The Morgan fingerprint density at radius 3 is 2.68 bits per heavy atom. The number of hydrogen-bond donors (Lipinski definition) is 1. The Labute approximate surface area is 133 Å². The van der Waals surface area contributed by atoms with Gasteiger partial charge in [0.2, 0.25) is 0 Å². The van der Waals surface area contributed by atoms with E-state index < -0.39 is 0 Å².